The Balaban J connectivity index is 3.97. The summed E-state index contributed by atoms with van der Waals surface area (Å²) in [5.74, 6) is 0.260. The van der Waals surface area contributed by atoms with Crippen molar-refractivity contribution in [3.8, 4) is 0 Å². The molecule has 88 valence electrons. The highest BCUT2D eigenvalue weighted by Crippen LogP contribution is 2.02. The smallest absolute Gasteiger partial charge is 0.331 e. The zero-order chi connectivity index (χ0) is 11.7. The molecule has 0 heterocycles. The molecule has 0 aliphatic carbocycles. The molecule has 0 spiro atoms. The molecule has 0 aromatic carbocycles. The fraction of sp³-hybridized carbons (Fsp3) is 0.727. The number of aliphatic carboxylic acids is 1. The highest BCUT2D eigenvalue weighted by Gasteiger charge is 2.05. The molecule has 0 rings (SSSR count). The van der Waals surface area contributed by atoms with Crippen molar-refractivity contribution in [1.82, 2.24) is 5.32 Å². The number of nitrogens with one attached hydrogen (secondary N) is 1. The van der Waals surface area contributed by atoms with Gasteiger partial charge in [0.05, 0.1) is 0 Å². The van der Waals surface area contributed by atoms with Crippen LogP contribution in [-0.2, 0) is 4.79 Å². The second-order valence-corrected chi connectivity index (χ2v) is 4.27. The summed E-state index contributed by atoms with van der Waals surface area (Å²) in [6, 6.07) is 0.475. The molecule has 0 radical (unpaired) electrons. The van der Waals surface area contributed by atoms with Crippen LogP contribution in [0.5, 0.6) is 0 Å². The van der Waals surface area contributed by atoms with Crippen molar-refractivity contribution in [3.63, 3.8) is 0 Å². The van der Waals surface area contributed by atoms with E-state index in [1.54, 1.807) is 17.8 Å². The minimum Gasteiger partial charge on any atom is -0.478 e. The maximum atomic E-state index is 10.7. The summed E-state index contributed by atoms with van der Waals surface area (Å²) in [5.41, 5.74) is 0.488. The molecule has 0 aliphatic rings. The largest absolute Gasteiger partial charge is 0.478 e. The third-order valence-electron chi connectivity index (χ3n) is 2.27. The van der Waals surface area contributed by atoms with Gasteiger partial charge in [-0.05, 0) is 19.1 Å². The topological polar surface area (TPSA) is 49.3 Å². The van der Waals surface area contributed by atoms with Crippen molar-refractivity contribution in [2.24, 2.45) is 0 Å². The van der Waals surface area contributed by atoms with Gasteiger partial charge in [-0.1, -0.05) is 19.9 Å². The van der Waals surface area contributed by atoms with Gasteiger partial charge in [-0.2, -0.15) is 11.8 Å². The highest BCUT2D eigenvalue weighted by molar-refractivity contribution is 7.98. The molecule has 3 nitrogen and oxygen atoms in total. The van der Waals surface area contributed by atoms with Crippen LogP contribution in [0, 0.1) is 0 Å². The van der Waals surface area contributed by atoms with Gasteiger partial charge in [-0.15, -0.1) is 0 Å². The molecule has 0 aliphatic heterocycles. The summed E-state index contributed by atoms with van der Waals surface area (Å²) in [6.07, 6.45) is 5.50. The van der Waals surface area contributed by atoms with Gasteiger partial charge in [0.1, 0.15) is 0 Å². The summed E-state index contributed by atoms with van der Waals surface area (Å²) >= 11 is 1.81. The first kappa shape index (κ1) is 14.5. The Morgan fingerprint density at radius 2 is 2.20 bits per heavy atom. The predicted molar refractivity (Wildman–Crippen MR) is 66.5 cm³/mol. The molecular weight excluding hydrogens is 210 g/mol. The number of carboxylic acid groups (broad SMARTS) is 1. The van der Waals surface area contributed by atoms with Gasteiger partial charge >= 0.3 is 5.97 Å². The van der Waals surface area contributed by atoms with Crippen LogP contribution in [0.3, 0.4) is 0 Å². The first-order valence-corrected chi connectivity index (χ1v) is 6.69. The van der Waals surface area contributed by atoms with E-state index in [4.69, 9.17) is 5.11 Å². The lowest BCUT2D eigenvalue weighted by Gasteiger charge is -2.14. The first-order valence-electron chi connectivity index (χ1n) is 5.30. The van der Waals surface area contributed by atoms with Crippen LogP contribution < -0.4 is 5.32 Å². The van der Waals surface area contributed by atoms with E-state index >= 15 is 0 Å². The van der Waals surface area contributed by atoms with E-state index in [0.717, 1.165) is 12.2 Å². The molecule has 0 bridgehead atoms. The molecule has 0 aromatic heterocycles. The van der Waals surface area contributed by atoms with Gasteiger partial charge in [-0.25, -0.2) is 4.79 Å². The summed E-state index contributed by atoms with van der Waals surface area (Å²) in [6.45, 7) is 4.64. The number of carbonyl (C=O) groups is 1. The number of carboxylic acids is 1. The number of rotatable bonds is 8. The number of hydrogen-bond acceptors (Lipinski definition) is 3. The van der Waals surface area contributed by atoms with Crippen molar-refractivity contribution < 1.29 is 9.90 Å². The first-order chi connectivity index (χ1) is 7.15. The average Bonchev–Trinajstić information content (AvgIpc) is 2.22. The van der Waals surface area contributed by atoms with Crippen molar-refractivity contribution in [2.45, 2.75) is 32.7 Å². The van der Waals surface area contributed by atoms with Crippen molar-refractivity contribution >= 4 is 17.7 Å². The Morgan fingerprint density at radius 1 is 1.53 bits per heavy atom. The molecule has 0 fully saturated rings. The maximum absolute atomic E-state index is 10.7. The van der Waals surface area contributed by atoms with E-state index in [1.807, 2.05) is 6.92 Å². The lowest BCUT2D eigenvalue weighted by atomic mass is 10.2. The van der Waals surface area contributed by atoms with E-state index in [2.05, 4.69) is 18.5 Å². The molecule has 1 unspecified atom stereocenters. The van der Waals surface area contributed by atoms with Crippen LogP contribution in [-0.4, -0.2) is 35.7 Å². The van der Waals surface area contributed by atoms with Crippen LogP contribution in [0.25, 0.3) is 0 Å². The molecule has 2 N–H and O–H groups in total. The van der Waals surface area contributed by atoms with Gasteiger partial charge in [0.25, 0.3) is 0 Å². The monoisotopic (exact) mass is 231 g/mol. The highest BCUT2D eigenvalue weighted by atomic mass is 32.2. The molecule has 1 atom stereocenters. The summed E-state index contributed by atoms with van der Waals surface area (Å²) < 4.78 is 0. The molecule has 0 amide bonds. The third kappa shape index (κ3) is 6.57. The van der Waals surface area contributed by atoms with Gasteiger partial charge in [0.2, 0.25) is 0 Å². The molecule has 0 aromatic rings. The van der Waals surface area contributed by atoms with Crippen molar-refractivity contribution in [2.75, 3.05) is 18.6 Å². The van der Waals surface area contributed by atoms with E-state index in [9.17, 15) is 4.79 Å². The Bertz CT molecular complexity index is 217. The second kappa shape index (κ2) is 8.80. The van der Waals surface area contributed by atoms with Crippen LogP contribution in [0.15, 0.2) is 11.6 Å². The van der Waals surface area contributed by atoms with Crippen LogP contribution in [0.1, 0.15) is 26.7 Å². The second-order valence-electron chi connectivity index (χ2n) is 3.36. The number of thioether (sulfide) groups is 1. The van der Waals surface area contributed by atoms with Crippen LogP contribution in [0.4, 0.5) is 0 Å². The Labute approximate surface area is 96.3 Å². The quantitative estimate of drug-likeness (QED) is 0.628. The lowest BCUT2D eigenvalue weighted by molar-refractivity contribution is -0.132. The van der Waals surface area contributed by atoms with Gasteiger partial charge in [0, 0.05) is 23.9 Å². The van der Waals surface area contributed by atoms with Gasteiger partial charge in [0.15, 0.2) is 0 Å². The summed E-state index contributed by atoms with van der Waals surface area (Å²) in [4.78, 5) is 10.7. The summed E-state index contributed by atoms with van der Waals surface area (Å²) in [7, 11) is 0. The molecule has 0 saturated carbocycles. The van der Waals surface area contributed by atoms with E-state index in [0.29, 0.717) is 24.6 Å². The zero-order valence-electron chi connectivity index (χ0n) is 9.75. The standard InChI is InChI=1S/C11H21NO2S/c1-4-9(11(13)14)6-7-12-10(5-2)8-15-3/h6,10,12H,4-5,7-8H2,1-3H3,(H,13,14)/b9-6-. The minimum atomic E-state index is -0.808. The normalized spacial score (nSPS) is 13.9. The zero-order valence-corrected chi connectivity index (χ0v) is 10.6. The summed E-state index contributed by atoms with van der Waals surface area (Å²) in [5, 5.41) is 12.1. The molecule has 0 saturated heterocycles. The molecule has 4 heteroatoms. The van der Waals surface area contributed by atoms with E-state index in [1.165, 1.54) is 0 Å². The Hall–Kier alpha value is -0.480. The Morgan fingerprint density at radius 3 is 2.60 bits per heavy atom. The maximum Gasteiger partial charge on any atom is 0.331 e. The van der Waals surface area contributed by atoms with Crippen molar-refractivity contribution in [3.05, 3.63) is 11.6 Å². The fourth-order valence-electron chi connectivity index (χ4n) is 1.25. The third-order valence-corrected chi connectivity index (χ3v) is 3.01. The SMILES string of the molecule is CC/C(=C/CNC(CC)CSC)C(=O)O. The Kier molecular flexibility index (Phi) is 8.52. The van der Waals surface area contributed by atoms with Crippen molar-refractivity contribution in [1.29, 1.82) is 0 Å². The molecule has 15 heavy (non-hydrogen) atoms. The van der Waals surface area contributed by atoms with Gasteiger partial charge < -0.3 is 10.4 Å². The van der Waals surface area contributed by atoms with Crippen LogP contribution >= 0.6 is 11.8 Å². The fourth-order valence-corrected chi connectivity index (χ4v) is 2.01. The minimum absolute atomic E-state index is 0.475. The molecular formula is C11H21NO2S. The predicted octanol–water partition coefficient (Wildman–Crippen LogP) is 2.14. The van der Waals surface area contributed by atoms with E-state index in [-0.39, 0.29) is 0 Å². The number of hydrogen-bond donors (Lipinski definition) is 2. The van der Waals surface area contributed by atoms with E-state index < -0.39 is 5.97 Å². The van der Waals surface area contributed by atoms with Crippen LogP contribution in [0.2, 0.25) is 0 Å². The lowest BCUT2D eigenvalue weighted by Crippen LogP contribution is -2.31. The average molecular weight is 231 g/mol. The van der Waals surface area contributed by atoms with Gasteiger partial charge in [-0.3, -0.25) is 0 Å².